The van der Waals surface area contributed by atoms with Crippen LogP contribution in [0.2, 0.25) is 0 Å². The molecular weight excluding hydrogens is 408 g/mol. The van der Waals surface area contributed by atoms with Gasteiger partial charge in [-0.25, -0.2) is 0 Å². The second-order valence-corrected chi connectivity index (χ2v) is 9.34. The van der Waals surface area contributed by atoms with E-state index in [0.29, 0.717) is 30.1 Å². The number of ether oxygens (including phenoxy) is 2. The number of aromatic nitrogens is 2. The van der Waals surface area contributed by atoms with E-state index < -0.39 is 6.04 Å². The zero-order valence-corrected chi connectivity index (χ0v) is 19.5. The molecule has 7 nitrogen and oxygen atoms in total. The third-order valence-corrected chi connectivity index (χ3v) is 6.22. The lowest BCUT2D eigenvalue weighted by molar-refractivity contribution is -0.919. The SMILES string of the molecule is CCCCCCOc1nsnc1C1=CCC[N+](C)(COC(=O)[C@@H](N)CCSC)C1. The molecule has 0 aliphatic carbocycles. The molecule has 2 atom stereocenters. The van der Waals surface area contributed by atoms with Crippen molar-refractivity contribution in [2.75, 3.05) is 45.5 Å². The van der Waals surface area contributed by atoms with Crippen molar-refractivity contribution in [3.8, 4) is 5.88 Å². The number of quaternary nitrogens is 1. The molecule has 1 unspecified atom stereocenters. The number of unbranched alkanes of at least 4 members (excludes halogenated alkanes) is 3. The highest BCUT2D eigenvalue weighted by Crippen LogP contribution is 2.30. The third-order valence-electron chi connectivity index (χ3n) is 5.07. The second-order valence-electron chi connectivity index (χ2n) is 7.83. The number of thioether (sulfide) groups is 1. The number of esters is 1. The maximum atomic E-state index is 12.2. The molecular formula is C20H35N4O3S2+. The first kappa shape index (κ1) is 24.1. The van der Waals surface area contributed by atoms with E-state index in [1.54, 1.807) is 11.8 Å². The van der Waals surface area contributed by atoms with Crippen molar-refractivity contribution >= 4 is 35.0 Å². The smallest absolute Gasteiger partial charge is 0.327 e. The first-order chi connectivity index (χ1) is 14.0. The van der Waals surface area contributed by atoms with Gasteiger partial charge in [0.05, 0.1) is 31.9 Å². The van der Waals surface area contributed by atoms with Gasteiger partial charge in [-0.1, -0.05) is 32.3 Å². The van der Waals surface area contributed by atoms with Crippen LogP contribution in [0.1, 0.15) is 51.1 Å². The van der Waals surface area contributed by atoms with Crippen molar-refractivity contribution in [3.63, 3.8) is 0 Å². The van der Waals surface area contributed by atoms with Gasteiger partial charge in [0.25, 0.3) is 5.88 Å². The summed E-state index contributed by atoms with van der Waals surface area (Å²) >= 11 is 2.86. The van der Waals surface area contributed by atoms with Crippen LogP contribution in [0, 0.1) is 0 Å². The predicted octanol–water partition coefficient (Wildman–Crippen LogP) is 3.31. The average Bonchev–Trinajstić information content (AvgIpc) is 3.18. The van der Waals surface area contributed by atoms with E-state index in [0.717, 1.165) is 43.0 Å². The molecule has 0 saturated heterocycles. The van der Waals surface area contributed by atoms with E-state index in [1.807, 2.05) is 6.26 Å². The van der Waals surface area contributed by atoms with Crippen LogP contribution in [-0.4, -0.2) is 70.7 Å². The highest BCUT2D eigenvalue weighted by Gasteiger charge is 2.31. The molecule has 0 radical (unpaired) electrons. The Morgan fingerprint density at radius 3 is 2.97 bits per heavy atom. The van der Waals surface area contributed by atoms with Gasteiger partial charge in [-0.2, -0.15) is 16.1 Å². The van der Waals surface area contributed by atoms with Crippen LogP contribution in [0.5, 0.6) is 5.88 Å². The highest BCUT2D eigenvalue weighted by molar-refractivity contribution is 7.98. The Bertz CT molecular complexity index is 668. The molecule has 0 fully saturated rings. The molecule has 0 saturated carbocycles. The largest absolute Gasteiger partial charge is 0.475 e. The monoisotopic (exact) mass is 443 g/mol. The number of carbonyl (C=O) groups excluding carboxylic acids is 1. The van der Waals surface area contributed by atoms with E-state index in [-0.39, 0.29) is 5.97 Å². The van der Waals surface area contributed by atoms with Crippen LogP contribution in [0.25, 0.3) is 5.57 Å². The molecule has 0 spiro atoms. The van der Waals surface area contributed by atoms with Gasteiger partial charge in [0, 0.05) is 12.0 Å². The van der Waals surface area contributed by atoms with Gasteiger partial charge in [0.2, 0.25) is 6.73 Å². The molecule has 164 valence electrons. The number of hydrogen-bond acceptors (Lipinski definition) is 8. The zero-order chi connectivity index (χ0) is 21.1. The number of likely N-dealkylation sites (N-methyl/N-ethyl adjacent to an activating group) is 1. The van der Waals surface area contributed by atoms with Crippen molar-refractivity contribution < 1.29 is 18.8 Å². The molecule has 29 heavy (non-hydrogen) atoms. The minimum absolute atomic E-state index is 0.313. The Kier molecular flexibility index (Phi) is 10.4. The number of nitrogens with zero attached hydrogens (tertiary/aromatic N) is 3. The molecule has 9 heteroatoms. The number of hydrogen-bond donors (Lipinski definition) is 1. The van der Waals surface area contributed by atoms with Crippen LogP contribution in [0.15, 0.2) is 6.08 Å². The summed E-state index contributed by atoms with van der Waals surface area (Å²) in [5.41, 5.74) is 7.86. The third kappa shape index (κ3) is 7.88. The average molecular weight is 444 g/mol. The molecule has 0 amide bonds. The molecule has 1 aromatic heterocycles. The summed E-state index contributed by atoms with van der Waals surface area (Å²) in [7, 11) is 2.10. The molecule has 1 aliphatic rings. The summed E-state index contributed by atoms with van der Waals surface area (Å²) in [6.45, 7) is 4.81. The Labute approximate surface area is 182 Å². The zero-order valence-electron chi connectivity index (χ0n) is 17.9. The Morgan fingerprint density at radius 2 is 2.21 bits per heavy atom. The quantitative estimate of drug-likeness (QED) is 0.284. The van der Waals surface area contributed by atoms with Crippen molar-refractivity contribution in [1.82, 2.24) is 8.75 Å². The van der Waals surface area contributed by atoms with Crippen LogP contribution < -0.4 is 10.5 Å². The van der Waals surface area contributed by atoms with Gasteiger partial charge in [-0.05, 0) is 24.9 Å². The van der Waals surface area contributed by atoms with E-state index in [9.17, 15) is 4.79 Å². The van der Waals surface area contributed by atoms with Gasteiger partial charge in [0.15, 0.2) is 0 Å². The molecule has 0 aromatic carbocycles. The molecule has 2 rings (SSSR count). The van der Waals surface area contributed by atoms with Crippen LogP contribution >= 0.6 is 23.5 Å². The van der Waals surface area contributed by atoms with Gasteiger partial charge in [-0.3, -0.25) is 9.28 Å². The minimum Gasteiger partial charge on any atom is -0.475 e. The fourth-order valence-corrected chi connectivity index (χ4v) is 4.27. The van der Waals surface area contributed by atoms with E-state index in [2.05, 4.69) is 28.8 Å². The summed E-state index contributed by atoms with van der Waals surface area (Å²) in [6.07, 6.45) is 10.4. The first-order valence-corrected chi connectivity index (χ1v) is 12.5. The first-order valence-electron chi connectivity index (χ1n) is 10.4. The van der Waals surface area contributed by atoms with Crippen LogP contribution in [0.3, 0.4) is 0 Å². The van der Waals surface area contributed by atoms with Crippen molar-refractivity contribution in [2.24, 2.45) is 5.73 Å². The standard InChI is InChI=1S/C20H35N4O3S2/c1-4-5-6-7-12-26-19-18(22-29-23-19)16-9-8-11-24(2,14-16)15-27-20(25)17(21)10-13-28-3/h9,17H,4-8,10-15,21H2,1-3H3/q+1/t17-,24?/m0/s1. The predicted molar refractivity (Wildman–Crippen MR) is 120 cm³/mol. The van der Waals surface area contributed by atoms with Crippen molar-refractivity contribution in [3.05, 3.63) is 11.8 Å². The summed E-state index contributed by atoms with van der Waals surface area (Å²) in [6, 6.07) is -0.552. The number of rotatable bonds is 13. The van der Waals surface area contributed by atoms with Crippen LogP contribution in [-0.2, 0) is 9.53 Å². The molecule has 2 N–H and O–H groups in total. The van der Waals surface area contributed by atoms with Crippen molar-refractivity contribution in [1.29, 1.82) is 0 Å². The van der Waals surface area contributed by atoms with E-state index >= 15 is 0 Å². The van der Waals surface area contributed by atoms with E-state index in [1.165, 1.54) is 31.0 Å². The number of carbonyl (C=O) groups is 1. The molecule has 1 aliphatic heterocycles. The summed E-state index contributed by atoms with van der Waals surface area (Å²) in [5.74, 6) is 1.16. The highest BCUT2D eigenvalue weighted by atomic mass is 32.2. The van der Waals surface area contributed by atoms with Crippen molar-refractivity contribution in [2.45, 2.75) is 51.5 Å². The molecule has 1 aromatic rings. The second kappa shape index (κ2) is 12.5. The maximum Gasteiger partial charge on any atom is 0.327 e. The summed E-state index contributed by atoms with van der Waals surface area (Å²) < 4.78 is 20.9. The van der Waals surface area contributed by atoms with Gasteiger partial charge in [-0.15, -0.1) is 4.37 Å². The normalized spacial score (nSPS) is 20.2. The van der Waals surface area contributed by atoms with Crippen LogP contribution in [0.4, 0.5) is 0 Å². The Hall–Kier alpha value is -1.16. The fraction of sp³-hybridized carbons (Fsp3) is 0.750. The molecule has 0 bridgehead atoms. The lowest BCUT2D eigenvalue weighted by Crippen LogP contribution is -2.50. The summed E-state index contributed by atoms with van der Waals surface area (Å²) in [5, 5.41) is 0. The minimum atomic E-state index is -0.552. The van der Waals surface area contributed by atoms with Gasteiger partial charge >= 0.3 is 5.97 Å². The lowest BCUT2D eigenvalue weighted by atomic mass is 10.1. The number of nitrogens with two attached hydrogens (primary N) is 1. The Balaban J connectivity index is 1.89. The molecule has 2 heterocycles. The van der Waals surface area contributed by atoms with E-state index in [4.69, 9.17) is 15.2 Å². The lowest BCUT2D eigenvalue weighted by Gasteiger charge is -2.36. The maximum absolute atomic E-state index is 12.2. The summed E-state index contributed by atoms with van der Waals surface area (Å²) in [4.78, 5) is 12.2. The fourth-order valence-electron chi connectivity index (χ4n) is 3.25. The Morgan fingerprint density at radius 1 is 1.38 bits per heavy atom. The topological polar surface area (TPSA) is 87.3 Å². The van der Waals surface area contributed by atoms with Gasteiger partial charge in [0.1, 0.15) is 18.3 Å². The van der Waals surface area contributed by atoms with Gasteiger partial charge < -0.3 is 15.2 Å².